The maximum atomic E-state index is 3.74. The summed E-state index contributed by atoms with van der Waals surface area (Å²) in [5, 5.41) is 3.74. The van der Waals surface area contributed by atoms with Gasteiger partial charge in [-0.15, -0.1) is 0 Å². The summed E-state index contributed by atoms with van der Waals surface area (Å²) in [5.41, 5.74) is 0. The molecule has 0 spiro atoms. The normalized spacial score (nSPS) is 27.6. The van der Waals surface area contributed by atoms with Crippen molar-refractivity contribution in [2.24, 2.45) is 11.8 Å². The van der Waals surface area contributed by atoms with Gasteiger partial charge in [-0.05, 0) is 50.7 Å². The number of piperidine rings is 1. The molecule has 0 amide bonds. The zero-order valence-corrected chi connectivity index (χ0v) is 11.6. The first-order chi connectivity index (χ1) is 7.63. The Kier molecular flexibility index (Phi) is 6.37. The van der Waals surface area contributed by atoms with Gasteiger partial charge in [-0.2, -0.15) is 0 Å². The van der Waals surface area contributed by atoms with Crippen LogP contribution in [0.25, 0.3) is 0 Å². The van der Waals surface area contributed by atoms with Crippen molar-refractivity contribution >= 4 is 0 Å². The maximum absolute atomic E-state index is 3.74. The van der Waals surface area contributed by atoms with Gasteiger partial charge in [-0.25, -0.2) is 0 Å². The molecule has 0 aromatic carbocycles. The lowest BCUT2D eigenvalue weighted by atomic mass is 9.93. The van der Waals surface area contributed by atoms with Crippen molar-refractivity contribution in [2.75, 3.05) is 26.2 Å². The average Bonchev–Trinajstić information content (AvgIpc) is 2.25. The van der Waals surface area contributed by atoms with Gasteiger partial charge in [0.05, 0.1) is 0 Å². The molecule has 0 unspecified atom stereocenters. The minimum atomic E-state index is 0.759. The number of hydrogen-bond acceptors (Lipinski definition) is 2. The molecule has 1 aliphatic rings. The van der Waals surface area contributed by atoms with E-state index in [0.29, 0.717) is 0 Å². The van der Waals surface area contributed by atoms with Crippen molar-refractivity contribution in [2.45, 2.75) is 53.0 Å². The highest BCUT2D eigenvalue weighted by molar-refractivity contribution is 4.82. The van der Waals surface area contributed by atoms with Crippen LogP contribution >= 0.6 is 0 Å². The van der Waals surface area contributed by atoms with Crippen molar-refractivity contribution in [3.05, 3.63) is 0 Å². The Hall–Kier alpha value is -0.0800. The molecular weight excluding hydrogens is 196 g/mol. The molecule has 0 radical (unpaired) electrons. The largest absolute Gasteiger partial charge is 0.314 e. The molecule has 1 rings (SSSR count). The second-order valence-corrected chi connectivity index (χ2v) is 5.76. The number of rotatable bonds is 6. The van der Waals surface area contributed by atoms with Crippen LogP contribution in [0.4, 0.5) is 0 Å². The van der Waals surface area contributed by atoms with Crippen LogP contribution in [0.1, 0.15) is 47.0 Å². The molecule has 1 N–H and O–H groups in total. The lowest BCUT2D eigenvalue weighted by molar-refractivity contribution is 0.153. The van der Waals surface area contributed by atoms with Crippen LogP contribution in [0.15, 0.2) is 0 Å². The molecule has 0 aliphatic carbocycles. The summed E-state index contributed by atoms with van der Waals surface area (Å²) in [4.78, 5) is 2.57. The van der Waals surface area contributed by atoms with Gasteiger partial charge in [0.25, 0.3) is 0 Å². The van der Waals surface area contributed by atoms with Crippen LogP contribution < -0.4 is 5.32 Å². The van der Waals surface area contributed by atoms with Crippen LogP contribution in [0.5, 0.6) is 0 Å². The Morgan fingerprint density at radius 2 is 2.12 bits per heavy atom. The maximum Gasteiger partial charge on any atom is 0.0117 e. The zero-order chi connectivity index (χ0) is 12.0. The summed E-state index contributed by atoms with van der Waals surface area (Å²) in [6.07, 6.45) is 4.02. The fourth-order valence-corrected chi connectivity index (χ4v) is 2.62. The molecule has 0 bridgehead atoms. The van der Waals surface area contributed by atoms with Crippen LogP contribution in [0, 0.1) is 11.8 Å². The monoisotopic (exact) mass is 226 g/mol. The Bertz CT molecular complexity index is 180. The second-order valence-electron chi connectivity index (χ2n) is 5.76. The lowest BCUT2D eigenvalue weighted by Gasteiger charge is -2.37. The Balaban J connectivity index is 2.13. The molecule has 1 saturated heterocycles. The highest BCUT2D eigenvalue weighted by Gasteiger charge is 2.24. The molecule has 1 heterocycles. The van der Waals surface area contributed by atoms with Crippen molar-refractivity contribution in [3.63, 3.8) is 0 Å². The van der Waals surface area contributed by atoms with E-state index >= 15 is 0 Å². The van der Waals surface area contributed by atoms with Gasteiger partial charge in [-0.3, -0.25) is 0 Å². The molecular formula is C14H30N2. The van der Waals surface area contributed by atoms with Gasteiger partial charge in [0.15, 0.2) is 0 Å². The van der Waals surface area contributed by atoms with Crippen molar-refractivity contribution < 1.29 is 0 Å². The molecule has 16 heavy (non-hydrogen) atoms. The van der Waals surface area contributed by atoms with Crippen LogP contribution in [0.2, 0.25) is 0 Å². The summed E-state index contributed by atoms with van der Waals surface area (Å²) >= 11 is 0. The van der Waals surface area contributed by atoms with Gasteiger partial charge in [0, 0.05) is 12.6 Å². The predicted octanol–water partition coefficient (Wildman–Crippen LogP) is 2.74. The van der Waals surface area contributed by atoms with E-state index in [1.54, 1.807) is 0 Å². The predicted molar refractivity (Wildman–Crippen MR) is 71.8 cm³/mol. The molecule has 0 saturated carbocycles. The third-order valence-corrected chi connectivity index (χ3v) is 3.80. The Morgan fingerprint density at radius 1 is 1.38 bits per heavy atom. The highest BCUT2D eigenvalue weighted by Crippen LogP contribution is 2.16. The van der Waals surface area contributed by atoms with E-state index in [1.807, 2.05) is 0 Å². The topological polar surface area (TPSA) is 15.3 Å². The summed E-state index contributed by atoms with van der Waals surface area (Å²) < 4.78 is 0. The molecule has 2 heteroatoms. The minimum Gasteiger partial charge on any atom is -0.314 e. The van der Waals surface area contributed by atoms with Gasteiger partial charge in [0.1, 0.15) is 0 Å². The minimum absolute atomic E-state index is 0.759. The highest BCUT2D eigenvalue weighted by atomic mass is 15.1. The first kappa shape index (κ1) is 14.0. The van der Waals surface area contributed by atoms with E-state index < -0.39 is 0 Å². The number of nitrogens with zero attached hydrogens (tertiary/aromatic N) is 1. The van der Waals surface area contributed by atoms with E-state index in [9.17, 15) is 0 Å². The summed E-state index contributed by atoms with van der Waals surface area (Å²) in [6, 6.07) is 0.759. The van der Waals surface area contributed by atoms with Gasteiger partial charge >= 0.3 is 0 Å². The zero-order valence-electron chi connectivity index (χ0n) is 11.6. The standard InChI is InChI=1S/C14H30N2/c1-5-16-10-8-14(13(4)11-16)15-9-6-7-12(2)3/h12-15H,5-11H2,1-4H3/t13-,14-/m1/s1. The molecule has 2 nitrogen and oxygen atoms in total. The van der Waals surface area contributed by atoms with Crippen LogP contribution in [-0.4, -0.2) is 37.1 Å². The molecule has 96 valence electrons. The second kappa shape index (κ2) is 7.29. The fourth-order valence-electron chi connectivity index (χ4n) is 2.62. The smallest absolute Gasteiger partial charge is 0.0117 e. The molecule has 1 fully saturated rings. The lowest BCUT2D eigenvalue weighted by Crippen LogP contribution is -2.48. The summed E-state index contributed by atoms with van der Waals surface area (Å²) in [6.45, 7) is 14.3. The Labute approximate surface area is 102 Å². The number of hydrogen-bond donors (Lipinski definition) is 1. The van der Waals surface area contributed by atoms with Gasteiger partial charge in [0.2, 0.25) is 0 Å². The number of likely N-dealkylation sites (tertiary alicyclic amines) is 1. The average molecular weight is 226 g/mol. The number of nitrogens with one attached hydrogen (secondary N) is 1. The van der Waals surface area contributed by atoms with E-state index in [2.05, 4.69) is 37.9 Å². The molecule has 1 aliphatic heterocycles. The molecule has 0 aromatic rings. The summed E-state index contributed by atoms with van der Waals surface area (Å²) in [5.74, 6) is 1.66. The van der Waals surface area contributed by atoms with E-state index in [4.69, 9.17) is 0 Å². The fraction of sp³-hybridized carbons (Fsp3) is 1.00. The van der Waals surface area contributed by atoms with E-state index in [0.717, 1.165) is 17.9 Å². The SMILES string of the molecule is CCN1CC[C@@H](NCCCC(C)C)[C@H](C)C1. The van der Waals surface area contributed by atoms with Crippen molar-refractivity contribution in [3.8, 4) is 0 Å². The van der Waals surface area contributed by atoms with E-state index in [1.165, 1.54) is 45.4 Å². The third kappa shape index (κ3) is 4.84. The van der Waals surface area contributed by atoms with Crippen molar-refractivity contribution in [1.29, 1.82) is 0 Å². The first-order valence-electron chi connectivity index (χ1n) is 7.09. The van der Waals surface area contributed by atoms with Crippen molar-refractivity contribution in [1.82, 2.24) is 10.2 Å². The van der Waals surface area contributed by atoms with Gasteiger partial charge in [-0.1, -0.05) is 27.7 Å². The van der Waals surface area contributed by atoms with Crippen LogP contribution in [-0.2, 0) is 0 Å². The molecule has 0 aromatic heterocycles. The third-order valence-electron chi connectivity index (χ3n) is 3.80. The van der Waals surface area contributed by atoms with Gasteiger partial charge < -0.3 is 10.2 Å². The summed E-state index contributed by atoms with van der Waals surface area (Å²) in [7, 11) is 0. The first-order valence-corrected chi connectivity index (χ1v) is 7.09. The van der Waals surface area contributed by atoms with Crippen LogP contribution in [0.3, 0.4) is 0 Å². The molecule has 2 atom stereocenters. The Morgan fingerprint density at radius 3 is 2.69 bits per heavy atom. The van der Waals surface area contributed by atoms with E-state index in [-0.39, 0.29) is 0 Å². The quantitative estimate of drug-likeness (QED) is 0.701.